The Hall–Kier alpha value is -2.95. The number of rotatable bonds is 6. The topological polar surface area (TPSA) is 112 Å². The minimum atomic E-state index is -3.63. The summed E-state index contributed by atoms with van der Waals surface area (Å²) in [6, 6.07) is 14.1. The summed E-state index contributed by atoms with van der Waals surface area (Å²) in [4.78, 5) is 16.2. The normalized spacial score (nSPS) is 18.2. The second-order valence-electron chi connectivity index (χ2n) is 8.51. The monoisotopic (exact) mass is 485 g/mol. The van der Waals surface area contributed by atoms with Gasteiger partial charge in [0.25, 0.3) is 0 Å². The predicted molar refractivity (Wildman–Crippen MR) is 132 cm³/mol. The molecule has 3 N–H and O–H groups in total. The third-order valence-corrected chi connectivity index (χ3v) is 8.24. The number of nitrogens with one attached hydrogen (secondary N) is 3. The van der Waals surface area contributed by atoms with Gasteiger partial charge in [-0.2, -0.15) is 4.31 Å². The van der Waals surface area contributed by atoms with Crippen molar-refractivity contribution in [3.63, 3.8) is 0 Å². The third kappa shape index (κ3) is 5.08. The van der Waals surface area contributed by atoms with Gasteiger partial charge in [-0.1, -0.05) is 18.2 Å². The van der Waals surface area contributed by atoms with Gasteiger partial charge in [-0.05, 0) is 43.2 Å². The Kier molecular flexibility index (Phi) is 7.20. The molecule has 1 spiro atoms. The highest BCUT2D eigenvalue weighted by Gasteiger charge is 2.43. The van der Waals surface area contributed by atoms with Crippen molar-refractivity contribution in [2.45, 2.75) is 36.7 Å². The fraction of sp³-hybridized carbons (Fsp3) is 0.417. The molecule has 2 aliphatic heterocycles. The van der Waals surface area contributed by atoms with Gasteiger partial charge in [-0.15, -0.1) is 0 Å². The van der Waals surface area contributed by atoms with Crippen molar-refractivity contribution in [2.75, 3.05) is 38.6 Å². The highest BCUT2D eigenvalue weighted by atomic mass is 32.2. The van der Waals surface area contributed by atoms with Crippen LogP contribution in [0.5, 0.6) is 5.75 Å². The van der Waals surface area contributed by atoms with Crippen LogP contribution < -0.4 is 20.7 Å². The summed E-state index contributed by atoms with van der Waals surface area (Å²) in [5, 5.41) is 9.74. The number of amidine groups is 1. The molecule has 0 radical (unpaired) electrons. The van der Waals surface area contributed by atoms with E-state index in [-0.39, 0.29) is 16.3 Å². The number of carbonyl (C=O) groups excluding carboxylic acids is 1. The van der Waals surface area contributed by atoms with Crippen LogP contribution in [0.25, 0.3) is 0 Å². The minimum absolute atomic E-state index is 0.200. The van der Waals surface area contributed by atoms with E-state index in [9.17, 15) is 13.2 Å². The fourth-order valence-electron chi connectivity index (χ4n) is 4.54. The van der Waals surface area contributed by atoms with Gasteiger partial charge in [0.15, 0.2) is 0 Å². The number of nitrogens with zero attached hydrogens (tertiary/aromatic N) is 2. The van der Waals surface area contributed by atoms with Crippen LogP contribution >= 0.6 is 0 Å². The van der Waals surface area contributed by atoms with Gasteiger partial charge < -0.3 is 20.7 Å². The Labute approximate surface area is 200 Å². The van der Waals surface area contributed by atoms with E-state index in [0.717, 1.165) is 23.7 Å². The van der Waals surface area contributed by atoms with Gasteiger partial charge in [-0.25, -0.2) is 8.42 Å². The Bertz CT molecular complexity index is 1160. The molecule has 4 rings (SSSR count). The molecule has 2 aromatic rings. The molecule has 1 amide bonds. The van der Waals surface area contributed by atoms with Gasteiger partial charge in [-0.3, -0.25) is 9.79 Å². The van der Waals surface area contributed by atoms with E-state index in [0.29, 0.717) is 44.7 Å². The number of aliphatic imine (C=N–C) groups is 1. The molecule has 2 heterocycles. The summed E-state index contributed by atoms with van der Waals surface area (Å²) in [5.74, 6) is 1.49. The van der Waals surface area contributed by atoms with Crippen LogP contribution in [0.2, 0.25) is 0 Å². The molecule has 1 fully saturated rings. The molecular formula is C24H31N5O4S. The standard InChI is InChI=1S/C24H31N5O4S/c1-18(30)28-20-7-9-21(10-8-20)34(31,32)29-15-11-24(12-16-29)23(25-13-14-27-24)26-17-19-5-3-4-6-22(19)33-2/h3-10,27H,11-17H2,1-2H3,(H,25,26)(H,28,30). The lowest BCUT2D eigenvalue weighted by atomic mass is 9.85. The number of methoxy groups -OCH3 is 1. The van der Waals surface area contributed by atoms with E-state index in [1.165, 1.54) is 23.4 Å². The number of hydrogen-bond donors (Lipinski definition) is 3. The van der Waals surface area contributed by atoms with E-state index >= 15 is 0 Å². The Morgan fingerprint density at radius 2 is 1.85 bits per heavy atom. The predicted octanol–water partition coefficient (Wildman–Crippen LogP) is 1.97. The molecule has 1 saturated heterocycles. The number of piperidine rings is 1. The lowest BCUT2D eigenvalue weighted by Crippen LogP contribution is -2.64. The zero-order valence-corrected chi connectivity index (χ0v) is 20.3. The maximum absolute atomic E-state index is 13.2. The number of benzene rings is 2. The number of para-hydroxylation sites is 1. The Morgan fingerprint density at radius 1 is 1.15 bits per heavy atom. The molecule has 10 heteroatoms. The van der Waals surface area contributed by atoms with Crippen LogP contribution in [0.3, 0.4) is 0 Å². The zero-order chi connectivity index (χ0) is 24.2. The number of amides is 1. The SMILES string of the molecule is COc1ccccc1CNC1=NCCNC12CCN(S(=O)(=O)c1ccc(NC(C)=O)cc1)CC2. The van der Waals surface area contributed by atoms with Gasteiger partial charge >= 0.3 is 0 Å². The average molecular weight is 486 g/mol. The molecule has 0 saturated carbocycles. The molecule has 2 aromatic carbocycles. The van der Waals surface area contributed by atoms with Gasteiger partial charge in [0.05, 0.1) is 24.1 Å². The molecule has 0 aliphatic carbocycles. The average Bonchev–Trinajstić information content (AvgIpc) is 2.84. The number of hydrogen-bond acceptors (Lipinski definition) is 7. The molecule has 0 bridgehead atoms. The molecule has 0 aromatic heterocycles. The van der Waals surface area contributed by atoms with E-state index in [4.69, 9.17) is 9.73 Å². The molecular weight excluding hydrogens is 454 g/mol. The summed E-state index contributed by atoms with van der Waals surface area (Å²) in [6.07, 6.45) is 1.24. The first-order valence-electron chi connectivity index (χ1n) is 11.4. The van der Waals surface area contributed by atoms with Crippen molar-refractivity contribution in [2.24, 2.45) is 4.99 Å². The second-order valence-corrected chi connectivity index (χ2v) is 10.5. The van der Waals surface area contributed by atoms with Crippen molar-refractivity contribution in [1.29, 1.82) is 0 Å². The molecule has 2 aliphatic rings. The van der Waals surface area contributed by atoms with E-state index in [1.54, 1.807) is 19.2 Å². The smallest absolute Gasteiger partial charge is 0.243 e. The summed E-state index contributed by atoms with van der Waals surface area (Å²) in [5.41, 5.74) is 1.23. The summed E-state index contributed by atoms with van der Waals surface area (Å²) >= 11 is 0. The van der Waals surface area contributed by atoms with E-state index in [2.05, 4.69) is 16.0 Å². The highest BCUT2D eigenvalue weighted by Crippen LogP contribution is 2.29. The summed E-state index contributed by atoms with van der Waals surface area (Å²) in [7, 11) is -1.97. The molecule has 0 atom stereocenters. The van der Waals surface area contributed by atoms with Crippen molar-refractivity contribution in [3.8, 4) is 5.75 Å². The summed E-state index contributed by atoms with van der Waals surface area (Å²) in [6.45, 7) is 4.21. The lowest BCUT2D eigenvalue weighted by Gasteiger charge is -2.44. The third-order valence-electron chi connectivity index (χ3n) is 6.33. The van der Waals surface area contributed by atoms with Crippen LogP contribution in [0.1, 0.15) is 25.3 Å². The quantitative estimate of drug-likeness (QED) is 0.577. The van der Waals surface area contributed by atoms with Crippen LogP contribution in [0.15, 0.2) is 58.4 Å². The highest BCUT2D eigenvalue weighted by molar-refractivity contribution is 7.89. The number of sulfonamides is 1. The fourth-order valence-corrected chi connectivity index (χ4v) is 5.98. The number of carbonyl (C=O) groups is 1. The molecule has 182 valence electrons. The minimum Gasteiger partial charge on any atom is -0.496 e. The first kappa shape index (κ1) is 24.2. The summed E-state index contributed by atoms with van der Waals surface area (Å²) < 4.78 is 33.4. The Balaban J connectivity index is 1.43. The van der Waals surface area contributed by atoms with E-state index < -0.39 is 10.0 Å². The van der Waals surface area contributed by atoms with E-state index in [1.807, 2.05) is 24.3 Å². The molecule has 9 nitrogen and oxygen atoms in total. The molecule has 0 unspecified atom stereocenters. The maximum Gasteiger partial charge on any atom is 0.243 e. The number of ether oxygens (including phenoxy) is 1. The van der Waals surface area contributed by atoms with Gasteiger partial charge in [0.2, 0.25) is 15.9 Å². The van der Waals surface area contributed by atoms with Gasteiger partial charge in [0.1, 0.15) is 11.6 Å². The van der Waals surface area contributed by atoms with Crippen molar-refractivity contribution in [3.05, 3.63) is 54.1 Å². The second kappa shape index (κ2) is 10.1. The first-order chi connectivity index (χ1) is 16.3. The maximum atomic E-state index is 13.2. The van der Waals surface area contributed by atoms with Crippen molar-refractivity contribution < 1.29 is 17.9 Å². The van der Waals surface area contributed by atoms with Crippen LogP contribution in [0.4, 0.5) is 5.69 Å². The van der Waals surface area contributed by atoms with Crippen LogP contribution in [-0.2, 0) is 21.4 Å². The Morgan fingerprint density at radius 3 is 2.53 bits per heavy atom. The largest absolute Gasteiger partial charge is 0.496 e. The van der Waals surface area contributed by atoms with Crippen molar-refractivity contribution >= 4 is 27.5 Å². The molecule has 34 heavy (non-hydrogen) atoms. The number of anilines is 1. The van der Waals surface area contributed by atoms with Crippen LogP contribution in [-0.4, -0.2) is 63.3 Å². The van der Waals surface area contributed by atoms with Crippen LogP contribution in [0, 0.1) is 0 Å². The first-order valence-corrected chi connectivity index (χ1v) is 12.8. The zero-order valence-electron chi connectivity index (χ0n) is 19.5. The van der Waals surface area contributed by atoms with Crippen molar-refractivity contribution in [1.82, 2.24) is 14.9 Å². The van der Waals surface area contributed by atoms with Gasteiger partial charge in [0, 0.05) is 44.4 Å². The lowest BCUT2D eigenvalue weighted by molar-refractivity contribution is -0.114.